The molecule has 0 aliphatic heterocycles. The van der Waals surface area contributed by atoms with Crippen molar-refractivity contribution in [2.45, 2.75) is 6.54 Å². The standard InChI is InChI=1S/C16H13ClN2/c17-15-3-1-2-12(8-15)14-7-13-6-11(9-18)4-5-16(13)19-10-14/h1-8,10H,9,18H2. The van der Waals surface area contributed by atoms with Crippen molar-refractivity contribution in [1.82, 2.24) is 4.98 Å². The maximum absolute atomic E-state index is 6.02. The van der Waals surface area contributed by atoms with Crippen LogP contribution in [-0.4, -0.2) is 4.98 Å². The van der Waals surface area contributed by atoms with E-state index in [0.29, 0.717) is 6.54 Å². The second-order valence-corrected chi connectivity index (χ2v) is 4.90. The molecule has 3 rings (SSSR count). The van der Waals surface area contributed by atoms with E-state index in [2.05, 4.69) is 17.1 Å². The van der Waals surface area contributed by atoms with Crippen LogP contribution >= 0.6 is 11.6 Å². The molecule has 19 heavy (non-hydrogen) atoms. The van der Waals surface area contributed by atoms with Crippen LogP contribution in [0.15, 0.2) is 54.7 Å². The van der Waals surface area contributed by atoms with Gasteiger partial charge in [0.15, 0.2) is 0 Å². The predicted molar refractivity (Wildman–Crippen MR) is 80.1 cm³/mol. The van der Waals surface area contributed by atoms with Gasteiger partial charge in [-0.2, -0.15) is 0 Å². The zero-order chi connectivity index (χ0) is 13.2. The van der Waals surface area contributed by atoms with E-state index < -0.39 is 0 Å². The van der Waals surface area contributed by atoms with Gasteiger partial charge in [0.25, 0.3) is 0 Å². The molecule has 2 aromatic carbocycles. The molecule has 94 valence electrons. The van der Waals surface area contributed by atoms with Crippen molar-refractivity contribution in [3.05, 3.63) is 65.3 Å². The number of hydrogen-bond donors (Lipinski definition) is 1. The molecule has 0 aliphatic rings. The minimum absolute atomic E-state index is 0.539. The second kappa shape index (κ2) is 5.00. The molecule has 0 fully saturated rings. The predicted octanol–water partition coefficient (Wildman–Crippen LogP) is 4.01. The molecule has 3 heteroatoms. The highest BCUT2D eigenvalue weighted by molar-refractivity contribution is 6.30. The highest BCUT2D eigenvalue weighted by Gasteiger charge is 2.02. The lowest BCUT2D eigenvalue weighted by molar-refractivity contribution is 1.07. The topological polar surface area (TPSA) is 38.9 Å². The molecule has 2 nitrogen and oxygen atoms in total. The number of hydrogen-bond acceptors (Lipinski definition) is 2. The van der Waals surface area contributed by atoms with E-state index in [0.717, 1.165) is 32.6 Å². The van der Waals surface area contributed by atoms with Gasteiger partial charge < -0.3 is 5.73 Å². The highest BCUT2D eigenvalue weighted by atomic mass is 35.5. The van der Waals surface area contributed by atoms with Gasteiger partial charge in [0.2, 0.25) is 0 Å². The van der Waals surface area contributed by atoms with Crippen LogP contribution in [0.1, 0.15) is 5.56 Å². The Morgan fingerprint density at radius 3 is 2.68 bits per heavy atom. The minimum atomic E-state index is 0.539. The molecule has 0 bridgehead atoms. The Kier molecular flexibility index (Phi) is 3.20. The molecule has 0 amide bonds. The van der Waals surface area contributed by atoms with E-state index in [1.54, 1.807) is 0 Å². The molecule has 0 saturated heterocycles. The molecule has 1 heterocycles. The van der Waals surface area contributed by atoms with E-state index >= 15 is 0 Å². The first kappa shape index (κ1) is 12.2. The molecular formula is C16H13ClN2. The van der Waals surface area contributed by atoms with Crippen molar-refractivity contribution in [3.63, 3.8) is 0 Å². The van der Waals surface area contributed by atoms with Crippen molar-refractivity contribution < 1.29 is 0 Å². The van der Waals surface area contributed by atoms with Gasteiger partial charge in [0.1, 0.15) is 0 Å². The van der Waals surface area contributed by atoms with E-state index in [4.69, 9.17) is 17.3 Å². The maximum atomic E-state index is 6.02. The van der Waals surface area contributed by atoms with Gasteiger partial charge in [-0.15, -0.1) is 0 Å². The first-order chi connectivity index (χ1) is 9.26. The summed E-state index contributed by atoms with van der Waals surface area (Å²) in [6, 6.07) is 16.0. The van der Waals surface area contributed by atoms with Crippen LogP contribution in [0.4, 0.5) is 0 Å². The molecule has 0 spiro atoms. The fraction of sp³-hybridized carbons (Fsp3) is 0.0625. The average Bonchev–Trinajstić information content (AvgIpc) is 2.46. The molecule has 0 unspecified atom stereocenters. The monoisotopic (exact) mass is 268 g/mol. The van der Waals surface area contributed by atoms with Gasteiger partial charge >= 0.3 is 0 Å². The summed E-state index contributed by atoms with van der Waals surface area (Å²) in [5, 5.41) is 1.83. The molecule has 1 aromatic heterocycles. The van der Waals surface area contributed by atoms with Crippen LogP contribution in [0.25, 0.3) is 22.0 Å². The van der Waals surface area contributed by atoms with Gasteiger partial charge in [-0.1, -0.05) is 29.8 Å². The third-order valence-electron chi connectivity index (χ3n) is 3.14. The van der Waals surface area contributed by atoms with Crippen LogP contribution in [0.3, 0.4) is 0 Å². The Bertz CT molecular complexity index is 738. The van der Waals surface area contributed by atoms with Crippen LogP contribution in [0.2, 0.25) is 5.02 Å². The summed E-state index contributed by atoms with van der Waals surface area (Å²) in [5.74, 6) is 0. The van der Waals surface area contributed by atoms with Crippen molar-refractivity contribution in [1.29, 1.82) is 0 Å². The van der Waals surface area contributed by atoms with Gasteiger partial charge in [-0.25, -0.2) is 0 Å². The van der Waals surface area contributed by atoms with Crippen molar-refractivity contribution >= 4 is 22.5 Å². The highest BCUT2D eigenvalue weighted by Crippen LogP contribution is 2.25. The summed E-state index contributed by atoms with van der Waals surface area (Å²) in [6.45, 7) is 0.539. The fourth-order valence-electron chi connectivity index (χ4n) is 2.13. The number of aromatic nitrogens is 1. The largest absolute Gasteiger partial charge is 0.326 e. The average molecular weight is 269 g/mol. The molecule has 0 radical (unpaired) electrons. The van der Waals surface area contributed by atoms with Crippen LogP contribution < -0.4 is 5.73 Å². The summed E-state index contributed by atoms with van der Waals surface area (Å²) in [6.07, 6.45) is 1.87. The van der Waals surface area contributed by atoms with Crippen LogP contribution in [0.5, 0.6) is 0 Å². The zero-order valence-corrected chi connectivity index (χ0v) is 11.1. The Labute approximate surface area is 116 Å². The summed E-state index contributed by atoms with van der Waals surface area (Å²) in [5.41, 5.74) is 9.88. The normalized spacial score (nSPS) is 10.8. The third kappa shape index (κ3) is 2.46. The van der Waals surface area contributed by atoms with Crippen molar-refractivity contribution in [2.75, 3.05) is 0 Å². The molecule has 0 saturated carbocycles. The minimum Gasteiger partial charge on any atom is -0.326 e. The van der Waals surface area contributed by atoms with E-state index in [1.165, 1.54) is 0 Å². The first-order valence-corrected chi connectivity index (χ1v) is 6.49. The van der Waals surface area contributed by atoms with E-state index in [-0.39, 0.29) is 0 Å². The lowest BCUT2D eigenvalue weighted by atomic mass is 10.0. The first-order valence-electron chi connectivity index (χ1n) is 6.11. The van der Waals surface area contributed by atoms with Gasteiger partial charge in [0, 0.05) is 28.7 Å². The van der Waals surface area contributed by atoms with E-state index in [9.17, 15) is 0 Å². The number of pyridine rings is 1. The lowest BCUT2D eigenvalue weighted by Crippen LogP contribution is -1.95. The fourth-order valence-corrected chi connectivity index (χ4v) is 2.32. The zero-order valence-electron chi connectivity index (χ0n) is 10.3. The maximum Gasteiger partial charge on any atom is 0.0702 e. The second-order valence-electron chi connectivity index (χ2n) is 4.47. The Morgan fingerprint density at radius 1 is 1.00 bits per heavy atom. The number of rotatable bonds is 2. The Hall–Kier alpha value is -1.90. The van der Waals surface area contributed by atoms with Crippen LogP contribution in [0, 0.1) is 0 Å². The molecule has 0 aliphatic carbocycles. The summed E-state index contributed by atoms with van der Waals surface area (Å²) in [4.78, 5) is 4.48. The number of nitrogens with zero attached hydrogens (tertiary/aromatic N) is 1. The molecular weight excluding hydrogens is 256 g/mol. The number of fused-ring (bicyclic) bond motifs is 1. The van der Waals surface area contributed by atoms with Gasteiger partial charge in [0.05, 0.1) is 5.52 Å². The molecule has 0 atom stereocenters. The third-order valence-corrected chi connectivity index (χ3v) is 3.37. The lowest BCUT2D eigenvalue weighted by Gasteiger charge is -2.05. The van der Waals surface area contributed by atoms with Crippen LogP contribution in [-0.2, 0) is 6.54 Å². The quantitative estimate of drug-likeness (QED) is 0.763. The number of benzene rings is 2. The molecule has 3 aromatic rings. The molecule has 2 N–H and O–H groups in total. The summed E-state index contributed by atoms with van der Waals surface area (Å²) < 4.78 is 0. The Morgan fingerprint density at radius 2 is 1.89 bits per heavy atom. The number of halogens is 1. The summed E-state index contributed by atoms with van der Waals surface area (Å²) >= 11 is 6.02. The number of nitrogens with two attached hydrogens (primary N) is 1. The Balaban J connectivity index is 2.15. The van der Waals surface area contributed by atoms with E-state index in [1.807, 2.05) is 42.6 Å². The van der Waals surface area contributed by atoms with Crippen molar-refractivity contribution in [2.24, 2.45) is 5.73 Å². The van der Waals surface area contributed by atoms with Gasteiger partial charge in [-0.3, -0.25) is 4.98 Å². The summed E-state index contributed by atoms with van der Waals surface area (Å²) in [7, 11) is 0. The smallest absolute Gasteiger partial charge is 0.0702 e. The van der Waals surface area contributed by atoms with Gasteiger partial charge in [-0.05, 0) is 41.5 Å². The SMILES string of the molecule is NCc1ccc2ncc(-c3cccc(Cl)c3)cc2c1. The van der Waals surface area contributed by atoms with Crippen molar-refractivity contribution in [3.8, 4) is 11.1 Å².